The third-order valence-electron chi connectivity index (χ3n) is 4.86. The van der Waals surface area contributed by atoms with Gasteiger partial charge in [-0.05, 0) is 12.3 Å². The van der Waals surface area contributed by atoms with Crippen LogP contribution in [0.2, 0.25) is 0 Å². The van der Waals surface area contributed by atoms with Crippen LogP contribution in [-0.2, 0) is 15.7 Å². The van der Waals surface area contributed by atoms with Gasteiger partial charge >= 0.3 is 118 Å². The van der Waals surface area contributed by atoms with Crippen molar-refractivity contribution in [2.24, 2.45) is 0 Å². The number of hydrogen-bond donors (Lipinski definition) is 1. The van der Waals surface area contributed by atoms with Crippen LogP contribution in [0, 0.1) is 0 Å². The number of fused-ring (bicyclic) bond motifs is 1. The Morgan fingerprint density at radius 1 is 0.970 bits per heavy atom. The molecule has 0 aliphatic carbocycles. The van der Waals surface area contributed by atoms with Crippen LogP contribution in [0.4, 0.5) is 0 Å². The van der Waals surface area contributed by atoms with E-state index < -0.39 is 33.1 Å². The molecule has 0 amide bonds. The molecule has 0 aromatic carbocycles. The topological polar surface area (TPSA) is 196 Å². The average molecular weight is 538 g/mol. The molecule has 33 heavy (non-hydrogen) atoms. The van der Waals surface area contributed by atoms with Gasteiger partial charge in [-0.15, -0.1) is 0 Å². The first-order chi connectivity index (χ1) is 13.5. The molecular formula is C14H20N6Na4O7P2. The van der Waals surface area contributed by atoms with E-state index >= 15 is 0 Å². The second kappa shape index (κ2) is 16.5. The van der Waals surface area contributed by atoms with Crippen molar-refractivity contribution in [1.82, 2.24) is 29.3 Å². The van der Waals surface area contributed by atoms with Crippen molar-refractivity contribution in [2.75, 3.05) is 45.0 Å². The number of imidazole rings is 1. The van der Waals surface area contributed by atoms with E-state index in [-0.39, 0.29) is 149 Å². The molecule has 162 valence electrons. The molecule has 1 aliphatic heterocycles. The van der Waals surface area contributed by atoms with Crippen LogP contribution in [-0.4, -0.2) is 80.4 Å². The Kier molecular flexibility index (Phi) is 18.9. The van der Waals surface area contributed by atoms with Crippen LogP contribution in [0.15, 0.2) is 17.4 Å². The van der Waals surface area contributed by atoms with E-state index in [1.54, 1.807) is 9.47 Å². The van der Waals surface area contributed by atoms with Crippen molar-refractivity contribution in [3.63, 3.8) is 0 Å². The third kappa shape index (κ3) is 12.3. The molecule has 0 bridgehead atoms. The maximum Gasteiger partial charge on any atom is 1.00 e. The maximum absolute atomic E-state index is 11.8. The number of piperazine rings is 1. The Morgan fingerprint density at radius 2 is 1.58 bits per heavy atom. The molecule has 19 heteroatoms. The fourth-order valence-corrected chi connectivity index (χ4v) is 4.42. The molecule has 3 rings (SSSR count). The van der Waals surface area contributed by atoms with E-state index in [0.29, 0.717) is 25.3 Å². The van der Waals surface area contributed by atoms with Gasteiger partial charge in [0.2, 0.25) is 0 Å². The molecule has 1 atom stereocenters. The quantitative estimate of drug-likeness (QED) is 0.248. The minimum atomic E-state index is -4.68. The zero-order valence-corrected chi connectivity index (χ0v) is 29.2. The van der Waals surface area contributed by atoms with E-state index in [4.69, 9.17) is 0 Å². The number of H-pyrrole nitrogens is 1. The molecule has 1 unspecified atom stereocenters. The minimum Gasteiger partial charge on any atom is -0.811 e. The van der Waals surface area contributed by atoms with Gasteiger partial charge in [0.15, 0.2) is 11.2 Å². The van der Waals surface area contributed by atoms with E-state index in [9.17, 15) is 33.5 Å². The summed E-state index contributed by atoms with van der Waals surface area (Å²) in [4.78, 5) is 70.0. The summed E-state index contributed by atoms with van der Waals surface area (Å²) in [6.07, 6.45) is 1.67. The summed E-state index contributed by atoms with van der Waals surface area (Å²) in [5.74, 6) is 0. The van der Waals surface area contributed by atoms with Crippen molar-refractivity contribution in [3.8, 4) is 0 Å². The Morgan fingerprint density at radius 3 is 2.18 bits per heavy atom. The standard InChI is InChI=1S/C14H24N6O7P2.4Na/c21-14-12-13(15-9-16-14)20(10-17-12)8-11-7-18(3-5-28(22,23)24)1-2-19(11)4-6-29(25,26)27;;;;/h9-11H,1-8H2,(H,15,16,21)(H2,22,23,24)(H2,25,26,27);;;;/q;4*+1/p-4. The Bertz CT molecular complexity index is 1020. The number of aromatic nitrogens is 4. The second-order valence-corrected chi connectivity index (χ2v) is 10.3. The number of nitrogens with one attached hydrogen (secondary N) is 1. The van der Waals surface area contributed by atoms with Crippen LogP contribution in [0.1, 0.15) is 0 Å². The predicted octanol–water partition coefficient (Wildman–Crippen LogP) is -16.1. The predicted molar refractivity (Wildman–Crippen MR) is 94.9 cm³/mol. The average Bonchev–Trinajstić information content (AvgIpc) is 3.02. The largest absolute Gasteiger partial charge is 1.00 e. The summed E-state index contributed by atoms with van der Waals surface area (Å²) in [6, 6.07) is -0.300. The Hall–Kier alpha value is 2.57. The molecule has 3 heterocycles. The zero-order chi connectivity index (χ0) is 21.2. The molecule has 1 fully saturated rings. The zero-order valence-electron chi connectivity index (χ0n) is 19.4. The number of rotatable bonds is 8. The molecule has 2 aromatic rings. The third-order valence-corrected chi connectivity index (χ3v) is 6.35. The first-order valence-corrected chi connectivity index (χ1v) is 12.3. The maximum atomic E-state index is 11.8. The van der Waals surface area contributed by atoms with E-state index in [1.807, 2.05) is 4.90 Å². The normalized spacial score (nSPS) is 17.4. The first kappa shape index (κ1) is 37.7. The van der Waals surface area contributed by atoms with Gasteiger partial charge in [-0.25, -0.2) is 9.97 Å². The monoisotopic (exact) mass is 538 g/mol. The number of hydrogen-bond acceptors (Lipinski definition) is 11. The fourth-order valence-electron chi connectivity index (χ4n) is 3.40. The van der Waals surface area contributed by atoms with Crippen LogP contribution >= 0.6 is 15.2 Å². The summed E-state index contributed by atoms with van der Waals surface area (Å²) in [5, 5.41) is 0. The van der Waals surface area contributed by atoms with Gasteiger partial charge in [0, 0.05) is 45.3 Å². The van der Waals surface area contributed by atoms with Gasteiger partial charge < -0.3 is 43.2 Å². The second-order valence-electron chi connectivity index (χ2n) is 6.96. The van der Waals surface area contributed by atoms with E-state index in [0.717, 1.165) is 0 Å². The summed E-state index contributed by atoms with van der Waals surface area (Å²) >= 11 is 0. The van der Waals surface area contributed by atoms with E-state index in [1.165, 1.54) is 12.7 Å². The van der Waals surface area contributed by atoms with Crippen LogP contribution in [0.5, 0.6) is 0 Å². The summed E-state index contributed by atoms with van der Waals surface area (Å²) < 4.78 is 23.7. The van der Waals surface area contributed by atoms with Gasteiger partial charge in [0.1, 0.15) is 0 Å². The fraction of sp³-hybridized carbons (Fsp3) is 0.643. The summed E-state index contributed by atoms with van der Waals surface area (Å²) in [6.45, 7) is 1.57. The van der Waals surface area contributed by atoms with Crippen molar-refractivity contribution >= 4 is 26.4 Å². The van der Waals surface area contributed by atoms with Gasteiger partial charge in [0.25, 0.3) is 5.56 Å². The molecule has 0 radical (unpaired) electrons. The first-order valence-electron chi connectivity index (χ1n) is 8.89. The van der Waals surface area contributed by atoms with Gasteiger partial charge in [0.05, 0.1) is 12.7 Å². The molecule has 0 saturated carbocycles. The number of aromatic amines is 1. The van der Waals surface area contributed by atoms with Crippen LogP contribution < -0.4 is 143 Å². The minimum absolute atomic E-state index is 0. The van der Waals surface area contributed by atoms with Crippen molar-refractivity contribution < 1.29 is 147 Å². The summed E-state index contributed by atoms with van der Waals surface area (Å²) in [7, 11) is -9.31. The SMILES string of the molecule is O=c1[nH]cnc2c1ncn2CC1CN(CCP(=O)([O-])[O-])CCN1CCP(=O)([O-])[O-].[Na+].[Na+].[Na+].[Na+]. The van der Waals surface area contributed by atoms with Crippen molar-refractivity contribution in [2.45, 2.75) is 12.6 Å². The van der Waals surface area contributed by atoms with Crippen LogP contribution in [0.25, 0.3) is 11.2 Å². The van der Waals surface area contributed by atoms with Crippen molar-refractivity contribution in [3.05, 3.63) is 23.0 Å². The van der Waals surface area contributed by atoms with Crippen LogP contribution in [0.3, 0.4) is 0 Å². The molecule has 1 saturated heterocycles. The molecule has 1 aliphatic rings. The van der Waals surface area contributed by atoms with Gasteiger partial charge in [-0.1, -0.05) is 15.2 Å². The van der Waals surface area contributed by atoms with Gasteiger partial charge in [-0.3, -0.25) is 9.69 Å². The molecule has 2 aromatic heterocycles. The number of nitrogens with zero attached hydrogens (tertiary/aromatic N) is 5. The smallest absolute Gasteiger partial charge is 0.811 e. The Labute approximate surface area is 279 Å². The van der Waals surface area contributed by atoms with E-state index in [2.05, 4.69) is 15.0 Å². The summed E-state index contributed by atoms with van der Waals surface area (Å²) in [5.41, 5.74) is 0.123. The molecule has 1 N–H and O–H groups in total. The molecule has 13 nitrogen and oxygen atoms in total. The van der Waals surface area contributed by atoms with Crippen molar-refractivity contribution in [1.29, 1.82) is 0 Å². The molecule has 0 spiro atoms. The van der Waals surface area contributed by atoms with Gasteiger partial charge in [-0.2, -0.15) is 0 Å². The Balaban J connectivity index is 0. The molecular weight excluding hydrogens is 518 g/mol.